The molecule has 3 aliphatic heterocycles. The minimum Gasteiger partial charge on any atom is -0.497 e. The second-order valence-electron chi connectivity index (χ2n) is 8.89. The molecular formula is C24H24N6O5. The van der Waals surface area contributed by atoms with Crippen molar-refractivity contribution in [3.8, 4) is 5.75 Å². The van der Waals surface area contributed by atoms with Gasteiger partial charge in [0, 0.05) is 44.5 Å². The van der Waals surface area contributed by atoms with Gasteiger partial charge in [-0.05, 0) is 29.8 Å². The van der Waals surface area contributed by atoms with E-state index in [0.717, 1.165) is 42.9 Å². The molecule has 0 unspecified atom stereocenters. The molecule has 11 nitrogen and oxygen atoms in total. The first kappa shape index (κ1) is 21.4. The van der Waals surface area contributed by atoms with Crippen molar-refractivity contribution in [3.63, 3.8) is 0 Å². The quantitative estimate of drug-likeness (QED) is 0.464. The number of pyridine rings is 1. The molecule has 0 saturated carbocycles. The summed E-state index contributed by atoms with van der Waals surface area (Å²) in [4.78, 5) is 47.0. The van der Waals surface area contributed by atoms with E-state index in [1.54, 1.807) is 30.5 Å². The zero-order valence-corrected chi connectivity index (χ0v) is 19.1. The number of amides is 4. The highest BCUT2D eigenvalue weighted by Crippen LogP contribution is 2.37. The summed E-state index contributed by atoms with van der Waals surface area (Å²) in [7, 11) is 1.54. The number of rotatable bonds is 5. The molecule has 4 amide bonds. The van der Waals surface area contributed by atoms with E-state index in [1.807, 2.05) is 6.07 Å². The Kier molecular flexibility index (Phi) is 4.88. The van der Waals surface area contributed by atoms with Gasteiger partial charge in [0.2, 0.25) is 0 Å². The summed E-state index contributed by atoms with van der Waals surface area (Å²) in [6, 6.07) is 8.15. The van der Waals surface area contributed by atoms with Crippen molar-refractivity contribution in [2.75, 3.05) is 44.7 Å². The highest BCUT2D eigenvalue weighted by Gasteiger charge is 2.53. The van der Waals surface area contributed by atoms with E-state index in [4.69, 9.17) is 9.15 Å². The number of hydrogen-bond acceptors (Lipinski definition) is 8. The molecule has 3 aliphatic rings. The number of furan rings is 1. The van der Waals surface area contributed by atoms with Crippen molar-refractivity contribution in [3.05, 3.63) is 53.4 Å². The van der Waals surface area contributed by atoms with E-state index >= 15 is 0 Å². The number of benzene rings is 1. The zero-order chi connectivity index (χ0) is 24.2. The predicted molar refractivity (Wildman–Crippen MR) is 125 cm³/mol. The lowest BCUT2D eigenvalue weighted by molar-refractivity contribution is -0.125. The SMILES string of the molecule is COc1ccc2c(c1)C(=O)N(C[C@@]1(c3cc4c(N5CCNCC5)nccc4o3)NC(=O)NC1=O)C2. The van der Waals surface area contributed by atoms with Gasteiger partial charge in [-0.2, -0.15) is 0 Å². The van der Waals surface area contributed by atoms with E-state index in [1.165, 1.54) is 12.0 Å². The molecule has 2 fully saturated rings. The molecule has 0 aliphatic carbocycles. The van der Waals surface area contributed by atoms with Gasteiger partial charge in [0.25, 0.3) is 11.8 Å². The van der Waals surface area contributed by atoms with E-state index in [-0.39, 0.29) is 18.2 Å². The summed E-state index contributed by atoms with van der Waals surface area (Å²) >= 11 is 0. The second-order valence-corrected chi connectivity index (χ2v) is 8.89. The van der Waals surface area contributed by atoms with Gasteiger partial charge in [-0.25, -0.2) is 9.78 Å². The Labute approximate surface area is 200 Å². The molecule has 1 aromatic carbocycles. The van der Waals surface area contributed by atoms with E-state index in [9.17, 15) is 14.4 Å². The average Bonchev–Trinajstić information content (AvgIpc) is 3.53. The number of nitrogens with zero attached hydrogens (tertiary/aromatic N) is 3. The van der Waals surface area contributed by atoms with Crippen LogP contribution in [0, 0.1) is 0 Å². The molecule has 2 saturated heterocycles. The lowest BCUT2D eigenvalue weighted by atomic mass is 9.95. The van der Waals surface area contributed by atoms with Crippen molar-refractivity contribution < 1.29 is 23.5 Å². The lowest BCUT2D eigenvalue weighted by Crippen LogP contribution is -2.52. The van der Waals surface area contributed by atoms with Gasteiger partial charge in [-0.1, -0.05) is 6.07 Å². The Balaban J connectivity index is 1.39. The fourth-order valence-corrected chi connectivity index (χ4v) is 5.02. The smallest absolute Gasteiger partial charge is 0.322 e. The third-order valence-electron chi connectivity index (χ3n) is 6.83. The van der Waals surface area contributed by atoms with Crippen molar-refractivity contribution in [2.24, 2.45) is 0 Å². The van der Waals surface area contributed by atoms with Gasteiger partial charge in [0.15, 0.2) is 5.54 Å². The Morgan fingerprint density at radius 2 is 1.97 bits per heavy atom. The molecule has 35 heavy (non-hydrogen) atoms. The number of piperazine rings is 1. The summed E-state index contributed by atoms with van der Waals surface area (Å²) in [5, 5.41) is 9.12. The third kappa shape index (κ3) is 3.38. The van der Waals surface area contributed by atoms with Crippen LogP contribution in [-0.2, 0) is 16.9 Å². The molecule has 3 aromatic rings. The molecule has 5 heterocycles. The van der Waals surface area contributed by atoms with E-state index < -0.39 is 17.5 Å². The van der Waals surface area contributed by atoms with Crippen molar-refractivity contribution in [2.45, 2.75) is 12.1 Å². The fourth-order valence-electron chi connectivity index (χ4n) is 5.02. The molecular weight excluding hydrogens is 452 g/mol. The summed E-state index contributed by atoms with van der Waals surface area (Å²) in [5.41, 5.74) is 0.320. The number of carbonyl (C=O) groups is 3. The molecule has 2 aromatic heterocycles. The molecule has 180 valence electrons. The summed E-state index contributed by atoms with van der Waals surface area (Å²) < 4.78 is 11.4. The van der Waals surface area contributed by atoms with Crippen LogP contribution in [0.3, 0.4) is 0 Å². The van der Waals surface area contributed by atoms with Crippen LogP contribution in [-0.4, -0.2) is 67.6 Å². The van der Waals surface area contributed by atoms with Gasteiger partial charge in [0.1, 0.15) is 22.9 Å². The van der Waals surface area contributed by atoms with Crippen LogP contribution in [0.4, 0.5) is 10.6 Å². The first-order valence-electron chi connectivity index (χ1n) is 11.4. The predicted octanol–water partition coefficient (Wildman–Crippen LogP) is 0.937. The third-order valence-corrected chi connectivity index (χ3v) is 6.83. The van der Waals surface area contributed by atoms with Crippen LogP contribution in [0.15, 0.2) is 40.9 Å². The van der Waals surface area contributed by atoms with Crippen LogP contribution in [0.2, 0.25) is 0 Å². The maximum atomic E-state index is 13.2. The average molecular weight is 476 g/mol. The van der Waals surface area contributed by atoms with Gasteiger partial charge in [-0.3, -0.25) is 14.9 Å². The topological polar surface area (TPSA) is 129 Å². The lowest BCUT2D eigenvalue weighted by Gasteiger charge is -2.29. The minimum atomic E-state index is -1.57. The van der Waals surface area contributed by atoms with Crippen LogP contribution in [0.1, 0.15) is 21.7 Å². The summed E-state index contributed by atoms with van der Waals surface area (Å²) in [5.74, 6) is 0.772. The number of nitrogens with one attached hydrogen (secondary N) is 3. The number of fused-ring (bicyclic) bond motifs is 2. The molecule has 11 heteroatoms. The number of urea groups is 1. The van der Waals surface area contributed by atoms with Gasteiger partial charge >= 0.3 is 6.03 Å². The first-order chi connectivity index (χ1) is 17.0. The normalized spacial score (nSPS) is 21.9. The summed E-state index contributed by atoms with van der Waals surface area (Å²) in [6.07, 6.45) is 1.67. The van der Waals surface area contributed by atoms with E-state index in [2.05, 4.69) is 25.8 Å². The van der Waals surface area contributed by atoms with Crippen LogP contribution < -0.4 is 25.6 Å². The Morgan fingerprint density at radius 1 is 1.14 bits per heavy atom. The monoisotopic (exact) mass is 476 g/mol. The number of carbonyl (C=O) groups excluding carboxylic acids is 3. The number of aromatic nitrogens is 1. The minimum absolute atomic E-state index is 0.0867. The largest absolute Gasteiger partial charge is 0.497 e. The van der Waals surface area contributed by atoms with Crippen molar-refractivity contribution in [1.29, 1.82) is 0 Å². The Morgan fingerprint density at radius 3 is 2.71 bits per heavy atom. The standard InChI is InChI=1S/C24H24N6O5/c1-34-15-3-2-14-12-30(21(31)16(14)10-15)13-24(22(32)27-23(33)28-24)19-11-17-18(35-19)4-5-26-20(17)29-8-6-25-7-9-29/h2-5,10-11,25H,6-9,12-13H2,1H3,(H2,27,28,32,33)/t24-/m0/s1. The number of methoxy groups -OCH3 is 1. The molecule has 6 rings (SSSR count). The van der Waals surface area contributed by atoms with Gasteiger partial charge in [0.05, 0.1) is 19.0 Å². The van der Waals surface area contributed by atoms with Crippen LogP contribution in [0.5, 0.6) is 5.75 Å². The van der Waals surface area contributed by atoms with Crippen LogP contribution in [0.25, 0.3) is 11.0 Å². The molecule has 0 radical (unpaired) electrons. The maximum absolute atomic E-state index is 13.2. The van der Waals surface area contributed by atoms with Crippen LogP contribution >= 0.6 is 0 Å². The first-order valence-corrected chi connectivity index (χ1v) is 11.4. The maximum Gasteiger partial charge on any atom is 0.322 e. The van der Waals surface area contributed by atoms with Crippen molar-refractivity contribution >= 4 is 34.6 Å². The molecule has 0 bridgehead atoms. The highest BCUT2D eigenvalue weighted by atomic mass is 16.5. The summed E-state index contributed by atoms with van der Waals surface area (Å²) in [6.45, 7) is 3.48. The van der Waals surface area contributed by atoms with E-state index in [0.29, 0.717) is 23.4 Å². The Bertz CT molecular complexity index is 1360. The molecule has 3 N–H and O–H groups in total. The molecule has 1 atom stereocenters. The fraction of sp³-hybridized carbons (Fsp3) is 0.333. The zero-order valence-electron chi connectivity index (χ0n) is 19.1. The molecule has 0 spiro atoms. The number of imide groups is 1. The Hall–Kier alpha value is -4.12. The second kappa shape index (κ2) is 7.98. The van der Waals surface area contributed by atoms with Crippen molar-refractivity contribution in [1.82, 2.24) is 25.8 Å². The number of ether oxygens (including phenoxy) is 1. The number of anilines is 1. The highest BCUT2D eigenvalue weighted by molar-refractivity contribution is 6.08. The van der Waals surface area contributed by atoms with Gasteiger partial charge < -0.3 is 29.6 Å². The number of hydrogen-bond donors (Lipinski definition) is 3. The van der Waals surface area contributed by atoms with Gasteiger partial charge in [-0.15, -0.1) is 0 Å².